The van der Waals surface area contributed by atoms with Gasteiger partial charge in [-0.2, -0.15) is 0 Å². The number of allylic oxidation sites excluding steroid dienone is 1. The van der Waals surface area contributed by atoms with Gasteiger partial charge in [0.2, 0.25) is 6.17 Å². The standard InChI is InChI=1S/C13H18Cl2N3O/c1-8-11(7-16)18(3,19)13(17(8)2)12-9(14)5-4-6-10(12)15/h4-6,13,19H,7,16H2,1-3H3/q+1. The lowest BCUT2D eigenvalue weighted by atomic mass is 10.1. The third-order valence-corrected chi connectivity index (χ3v) is 4.45. The van der Waals surface area contributed by atoms with Crippen LogP contribution in [0.4, 0.5) is 0 Å². The number of hydroxylamine groups is 3. The molecule has 104 valence electrons. The fourth-order valence-corrected chi connectivity index (χ4v) is 3.33. The Labute approximate surface area is 123 Å². The molecule has 0 spiro atoms. The summed E-state index contributed by atoms with van der Waals surface area (Å²) in [6, 6.07) is 5.33. The van der Waals surface area contributed by atoms with Gasteiger partial charge >= 0.3 is 0 Å². The summed E-state index contributed by atoms with van der Waals surface area (Å²) in [5, 5.41) is 11.9. The lowest BCUT2D eigenvalue weighted by Gasteiger charge is -2.33. The lowest BCUT2D eigenvalue weighted by Crippen LogP contribution is -2.45. The Balaban J connectivity index is 2.59. The van der Waals surface area contributed by atoms with Gasteiger partial charge in [-0.05, 0) is 19.1 Å². The van der Waals surface area contributed by atoms with Gasteiger partial charge in [-0.3, -0.25) is 0 Å². The molecule has 0 aromatic heterocycles. The first-order valence-electron chi connectivity index (χ1n) is 5.98. The van der Waals surface area contributed by atoms with Crippen LogP contribution in [0.25, 0.3) is 0 Å². The average Bonchev–Trinajstić information content (AvgIpc) is 2.48. The summed E-state index contributed by atoms with van der Waals surface area (Å²) in [5.74, 6) is 0. The highest BCUT2D eigenvalue weighted by Crippen LogP contribution is 2.45. The van der Waals surface area contributed by atoms with E-state index in [2.05, 4.69) is 0 Å². The van der Waals surface area contributed by atoms with Crippen molar-refractivity contribution in [3.05, 3.63) is 45.2 Å². The van der Waals surface area contributed by atoms with Gasteiger partial charge in [-0.15, -0.1) is 4.65 Å². The summed E-state index contributed by atoms with van der Waals surface area (Å²) in [6.45, 7) is 2.21. The molecule has 3 N–H and O–H groups in total. The van der Waals surface area contributed by atoms with Crippen molar-refractivity contribution in [1.82, 2.24) is 4.90 Å². The zero-order chi connectivity index (χ0) is 14.4. The van der Waals surface area contributed by atoms with Crippen molar-refractivity contribution in [2.75, 3.05) is 20.6 Å². The molecule has 0 radical (unpaired) electrons. The molecule has 1 aromatic rings. The van der Waals surface area contributed by atoms with E-state index in [0.717, 1.165) is 11.4 Å². The third kappa shape index (κ3) is 2.14. The van der Waals surface area contributed by atoms with Gasteiger partial charge in [0.25, 0.3) is 0 Å². The molecule has 0 amide bonds. The predicted octanol–water partition coefficient (Wildman–Crippen LogP) is 2.96. The Morgan fingerprint density at radius 2 is 1.89 bits per heavy atom. The van der Waals surface area contributed by atoms with Gasteiger partial charge in [0.15, 0.2) is 5.70 Å². The fraction of sp³-hybridized carbons (Fsp3) is 0.385. The molecule has 2 atom stereocenters. The Bertz CT molecular complexity index is 522. The normalized spacial score (nSPS) is 27.3. The molecule has 2 rings (SSSR count). The fourth-order valence-electron chi connectivity index (χ4n) is 2.73. The van der Waals surface area contributed by atoms with Crippen LogP contribution in [-0.2, 0) is 0 Å². The van der Waals surface area contributed by atoms with Crippen LogP contribution in [-0.4, -0.2) is 35.4 Å². The molecule has 1 aliphatic rings. The minimum atomic E-state index is -0.389. The van der Waals surface area contributed by atoms with Crippen LogP contribution >= 0.6 is 23.2 Å². The van der Waals surface area contributed by atoms with Crippen LogP contribution < -0.4 is 5.73 Å². The lowest BCUT2D eigenvalue weighted by molar-refractivity contribution is -1.08. The van der Waals surface area contributed by atoms with E-state index in [1.807, 2.05) is 18.9 Å². The number of nitrogens with two attached hydrogens (primary N) is 1. The third-order valence-electron chi connectivity index (χ3n) is 3.79. The Morgan fingerprint density at radius 3 is 2.32 bits per heavy atom. The van der Waals surface area contributed by atoms with Crippen LogP contribution in [0.2, 0.25) is 10.0 Å². The Morgan fingerprint density at radius 1 is 1.37 bits per heavy atom. The number of halogens is 2. The van der Waals surface area contributed by atoms with Gasteiger partial charge in [-0.25, -0.2) is 5.21 Å². The average molecular weight is 303 g/mol. The van der Waals surface area contributed by atoms with E-state index in [-0.39, 0.29) is 17.4 Å². The predicted molar refractivity (Wildman–Crippen MR) is 76.7 cm³/mol. The number of rotatable bonds is 2. The maximum absolute atomic E-state index is 10.8. The topological polar surface area (TPSA) is 49.5 Å². The molecule has 0 aliphatic carbocycles. The number of quaternary nitrogens is 1. The molecule has 1 aliphatic heterocycles. The van der Waals surface area contributed by atoms with E-state index in [0.29, 0.717) is 15.6 Å². The smallest absolute Gasteiger partial charge is 0.228 e. The molecule has 0 saturated carbocycles. The van der Waals surface area contributed by atoms with Crippen molar-refractivity contribution in [3.8, 4) is 0 Å². The maximum Gasteiger partial charge on any atom is 0.228 e. The number of nitrogens with zero attached hydrogens (tertiary/aromatic N) is 2. The van der Waals surface area contributed by atoms with Gasteiger partial charge in [0.05, 0.1) is 27.9 Å². The van der Waals surface area contributed by atoms with Crippen LogP contribution in [0.15, 0.2) is 29.6 Å². The molecule has 19 heavy (non-hydrogen) atoms. The number of hydrogen-bond acceptors (Lipinski definition) is 3. The highest BCUT2D eigenvalue weighted by molar-refractivity contribution is 6.36. The second kappa shape index (κ2) is 4.96. The first kappa shape index (κ1) is 14.6. The van der Waals surface area contributed by atoms with Gasteiger partial charge < -0.3 is 10.6 Å². The van der Waals surface area contributed by atoms with Crippen LogP contribution in [0.3, 0.4) is 0 Å². The molecule has 1 aromatic carbocycles. The van der Waals surface area contributed by atoms with Crippen molar-refractivity contribution in [1.29, 1.82) is 0 Å². The first-order valence-corrected chi connectivity index (χ1v) is 6.74. The number of likely N-dealkylation sites (N-methyl/N-ethyl adjacent to an activating group) is 1. The van der Waals surface area contributed by atoms with Crippen molar-refractivity contribution in [2.45, 2.75) is 13.1 Å². The van der Waals surface area contributed by atoms with Crippen LogP contribution in [0, 0.1) is 0 Å². The maximum atomic E-state index is 10.8. The number of hydrogen-bond donors (Lipinski definition) is 2. The Hall–Kier alpha value is -0.780. The van der Waals surface area contributed by atoms with Crippen LogP contribution in [0.5, 0.6) is 0 Å². The molecular formula is C13H18Cl2N3O+. The van der Waals surface area contributed by atoms with Crippen molar-refractivity contribution >= 4 is 23.2 Å². The molecule has 6 heteroatoms. The van der Waals surface area contributed by atoms with E-state index < -0.39 is 0 Å². The summed E-state index contributed by atoms with van der Waals surface area (Å²) in [4.78, 5) is 1.95. The van der Waals surface area contributed by atoms with Gasteiger partial charge in [0.1, 0.15) is 7.05 Å². The van der Waals surface area contributed by atoms with E-state index in [1.165, 1.54) is 0 Å². The highest BCUT2D eigenvalue weighted by Gasteiger charge is 2.49. The monoisotopic (exact) mass is 302 g/mol. The first-order chi connectivity index (χ1) is 8.82. The van der Waals surface area contributed by atoms with E-state index >= 15 is 0 Å². The largest absolute Gasteiger partial charge is 0.322 e. The van der Waals surface area contributed by atoms with Gasteiger partial charge in [0, 0.05) is 7.05 Å². The van der Waals surface area contributed by atoms with Crippen LogP contribution in [0.1, 0.15) is 18.7 Å². The second-order valence-electron chi connectivity index (χ2n) is 4.88. The zero-order valence-electron chi connectivity index (χ0n) is 11.2. The van der Waals surface area contributed by atoms with E-state index in [9.17, 15) is 5.21 Å². The minimum absolute atomic E-state index is 0.280. The zero-order valence-corrected chi connectivity index (χ0v) is 12.7. The molecular weight excluding hydrogens is 285 g/mol. The summed E-state index contributed by atoms with van der Waals surface area (Å²) in [6.07, 6.45) is -0.389. The summed E-state index contributed by atoms with van der Waals surface area (Å²) < 4.78 is -0.345. The molecule has 4 nitrogen and oxygen atoms in total. The highest BCUT2D eigenvalue weighted by atomic mass is 35.5. The van der Waals surface area contributed by atoms with Crippen molar-refractivity contribution < 1.29 is 9.85 Å². The molecule has 0 saturated heterocycles. The Kier molecular flexibility index (Phi) is 3.82. The quantitative estimate of drug-likeness (QED) is 0.826. The van der Waals surface area contributed by atoms with Crippen molar-refractivity contribution in [3.63, 3.8) is 0 Å². The number of benzene rings is 1. The second-order valence-corrected chi connectivity index (χ2v) is 5.70. The molecule has 0 bridgehead atoms. The minimum Gasteiger partial charge on any atom is -0.322 e. The molecule has 2 unspecified atom stereocenters. The van der Waals surface area contributed by atoms with Gasteiger partial charge in [-0.1, -0.05) is 29.3 Å². The SMILES string of the molecule is CC1=C(CN)[N+](C)(O)C(c2c(Cl)cccc2Cl)N1C. The van der Waals surface area contributed by atoms with E-state index in [4.69, 9.17) is 28.9 Å². The van der Waals surface area contributed by atoms with Crippen molar-refractivity contribution in [2.24, 2.45) is 5.73 Å². The summed E-state index contributed by atoms with van der Waals surface area (Å²) >= 11 is 12.5. The molecule has 1 heterocycles. The summed E-state index contributed by atoms with van der Waals surface area (Å²) in [5.41, 5.74) is 8.15. The molecule has 0 fully saturated rings. The van der Waals surface area contributed by atoms with E-state index in [1.54, 1.807) is 25.2 Å². The summed E-state index contributed by atoms with van der Waals surface area (Å²) in [7, 11) is 3.59.